The lowest BCUT2D eigenvalue weighted by molar-refractivity contribution is 0.393. The highest BCUT2D eigenvalue weighted by Gasteiger charge is 2.24. The minimum atomic E-state index is -3.56. The van der Waals surface area contributed by atoms with Crippen LogP contribution >= 0.6 is 11.8 Å². The molecule has 0 saturated heterocycles. The Kier molecular flexibility index (Phi) is 7.55. The van der Waals surface area contributed by atoms with Gasteiger partial charge in [-0.25, -0.2) is 8.42 Å². The first-order valence-corrected chi connectivity index (χ1v) is 12.8. The number of benzene rings is 1. The Hall–Kier alpha value is -2.17. The predicted molar refractivity (Wildman–Crippen MR) is 121 cm³/mol. The maximum atomic E-state index is 13.0. The topological polar surface area (TPSA) is 94.1 Å². The van der Waals surface area contributed by atoms with Crippen LogP contribution in [0.2, 0.25) is 0 Å². The van der Waals surface area contributed by atoms with Crippen LogP contribution < -0.4 is 0 Å². The average Bonchev–Trinajstić information content (AvgIpc) is 3.38. The lowest BCUT2D eigenvalue weighted by Crippen LogP contribution is -2.30. The van der Waals surface area contributed by atoms with E-state index in [2.05, 4.69) is 33.8 Å². The van der Waals surface area contributed by atoms with Gasteiger partial charge in [-0.2, -0.15) is 4.31 Å². The van der Waals surface area contributed by atoms with Gasteiger partial charge in [0.25, 0.3) is 0 Å². The third kappa shape index (κ3) is 5.02. The molecule has 10 heteroatoms. The quantitative estimate of drug-likeness (QED) is 0.408. The molecule has 0 amide bonds. The molecule has 0 aliphatic carbocycles. The molecule has 0 aliphatic heterocycles. The standard InChI is InChI=1S/C21H29N5O3S2/c1-6-15(4)26-20(22-23-21(26)30-14-18-12-16(5)29-24-18)17-10-9-11-19(13-17)31(27,28)25(7-2)8-3/h9-13,15H,6-8,14H2,1-5H3. The van der Waals surface area contributed by atoms with E-state index >= 15 is 0 Å². The Morgan fingerprint density at radius 3 is 2.52 bits per heavy atom. The number of rotatable bonds is 10. The van der Waals surface area contributed by atoms with E-state index in [0.29, 0.717) is 24.7 Å². The van der Waals surface area contributed by atoms with Gasteiger partial charge in [-0.15, -0.1) is 10.2 Å². The average molecular weight is 464 g/mol. The second kappa shape index (κ2) is 9.97. The molecule has 0 bridgehead atoms. The lowest BCUT2D eigenvalue weighted by Gasteiger charge is -2.19. The molecule has 31 heavy (non-hydrogen) atoms. The van der Waals surface area contributed by atoms with Crippen LogP contribution in [0.15, 0.2) is 44.9 Å². The van der Waals surface area contributed by atoms with Gasteiger partial charge < -0.3 is 4.52 Å². The summed E-state index contributed by atoms with van der Waals surface area (Å²) in [5.74, 6) is 2.04. The number of hydrogen-bond acceptors (Lipinski definition) is 7. The maximum absolute atomic E-state index is 13.0. The molecule has 0 aliphatic rings. The van der Waals surface area contributed by atoms with E-state index in [1.165, 1.54) is 16.1 Å². The van der Waals surface area contributed by atoms with Crippen molar-refractivity contribution in [3.63, 3.8) is 0 Å². The van der Waals surface area contributed by atoms with Crippen molar-refractivity contribution >= 4 is 21.8 Å². The zero-order valence-corrected chi connectivity index (χ0v) is 20.2. The van der Waals surface area contributed by atoms with Gasteiger partial charge in [0.05, 0.1) is 10.6 Å². The van der Waals surface area contributed by atoms with Gasteiger partial charge in [0, 0.05) is 36.5 Å². The van der Waals surface area contributed by atoms with Crippen molar-refractivity contribution in [2.24, 2.45) is 0 Å². The van der Waals surface area contributed by atoms with E-state index in [1.54, 1.807) is 18.2 Å². The Morgan fingerprint density at radius 1 is 1.16 bits per heavy atom. The van der Waals surface area contributed by atoms with Gasteiger partial charge >= 0.3 is 0 Å². The molecule has 0 saturated carbocycles. The fourth-order valence-corrected chi connectivity index (χ4v) is 5.71. The van der Waals surface area contributed by atoms with E-state index in [9.17, 15) is 8.42 Å². The van der Waals surface area contributed by atoms with Gasteiger partial charge in [-0.1, -0.05) is 49.8 Å². The first kappa shape index (κ1) is 23.5. The summed E-state index contributed by atoms with van der Waals surface area (Å²) in [5.41, 5.74) is 1.57. The predicted octanol–water partition coefficient (Wildman–Crippen LogP) is 4.54. The normalized spacial score (nSPS) is 13.1. The second-order valence-corrected chi connectivity index (χ2v) is 10.1. The molecule has 0 N–H and O–H groups in total. The van der Waals surface area contributed by atoms with Gasteiger partial charge in [-0.05, 0) is 32.4 Å². The Bertz CT molecular complexity index is 1120. The highest BCUT2D eigenvalue weighted by Crippen LogP contribution is 2.31. The van der Waals surface area contributed by atoms with E-state index in [-0.39, 0.29) is 10.9 Å². The molecule has 1 atom stereocenters. The van der Waals surface area contributed by atoms with Crippen molar-refractivity contribution in [2.45, 2.75) is 62.9 Å². The van der Waals surface area contributed by atoms with Crippen LogP contribution in [0.3, 0.4) is 0 Å². The number of thioether (sulfide) groups is 1. The van der Waals surface area contributed by atoms with Crippen LogP contribution in [-0.4, -0.2) is 45.7 Å². The molecule has 2 aromatic heterocycles. The molecule has 2 heterocycles. The molecule has 0 fully saturated rings. The van der Waals surface area contributed by atoms with Crippen LogP contribution in [0.4, 0.5) is 0 Å². The van der Waals surface area contributed by atoms with Crippen molar-refractivity contribution in [3.8, 4) is 11.4 Å². The molecule has 0 radical (unpaired) electrons. The SMILES string of the molecule is CCC(C)n1c(SCc2cc(C)on2)nnc1-c1cccc(S(=O)(=O)N(CC)CC)c1. The fraction of sp³-hybridized carbons (Fsp3) is 0.476. The summed E-state index contributed by atoms with van der Waals surface area (Å²) >= 11 is 1.53. The number of sulfonamides is 1. The molecule has 168 valence electrons. The van der Waals surface area contributed by atoms with E-state index in [0.717, 1.165) is 28.6 Å². The van der Waals surface area contributed by atoms with Crippen molar-refractivity contribution < 1.29 is 12.9 Å². The molecular weight excluding hydrogens is 434 g/mol. The molecular formula is C21H29N5O3S2. The molecule has 3 rings (SSSR count). The van der Waals surface area contributed by atoms with Gasteiger partial charge in [0.15, 0.2) is 11.0 Å². The van der Waals surface area contributed by atoms with Gasteiger partial charge in [0.2, 0.25) is 10.0 Å². The second-order valence-electron chi connectivity index (χ2n) is 7.27. The van der Waals surface area contributed by atoms with Crippen molar-refractivity contribution in [1.82, 2.24) is 24.2 Å². The third-order valence-corrected chi connectivity index (χ3v) is 8.18. The highest BCUT2D eigenvalue weighted by molar-refractivity contribution is 7.98. The minimum absolute atomic E-state index is 0.148. The van der Waals surface area contributed by atoms with Crippen LogP contribution in [0.5, 0.6) is 0 Å². The summed E-state index contributed by atoms with van der Waals surface area (Å²) in [6, 6.07) is 9.00. The van der Waals surface area contributed by atoms with E-state index < -0.39 is 10.0 Å². The summed E-state index contributed by atoms with van der Waals surface area (Å²) < 4.78 is 34.6. The summed E-state index contributed by atoms with van der Waals surface area (Å²) in [6.45, 7) is 10.6. The van der Waals surface area contributed by atoms with Crippen molar-refractivity contribution in [1.29, 1.82) is 0 Å². The minimum Gasteiger partial charge on any atom is -0.361 e. The van der Waals surface area contributed by atoms with Crippen LogP contribution in [0.1, 0.15) is 51.6 Å². The van der Waals surface area contributed by atoms with E-state index in [4.69, 9.17) is 4.52 Å². The summed E-state index contributed by atoms with van der Waals surface area (Å²) in [7, 11) is -3.56. The lowest BCUT2D eigenvalue weighted by atomic mass is 10.2. The zero-order chi connectivity index (χ0) is 22.6. The fourth-order valence-electron chi connectivity index (χ4n) is 3.28. The Balaban J connectivity index is 1.98. The highest BCUT2D eigenvalue weighted by atomic mass is 32.2. The molecule has 1 unspecified atom stereocenters. The van der Waals surface area contributed by atoms with E-state index in [1.807, 2.05) is 32.9 Å². The summed E-state index contributed by atoms with van der Waals surface area (Å²) in [4.78, 5) is 0.264. The first-order chi connectivity index (χ1) is 14.8. The molecule has 0 spiro atoms. The molecule has 1 aromatic carbocycles. The van der Waals surface area contributed by atoms with Crippen molar-refractivity contribution in [2.75, 3.05) is 13.1 Å². The van der Waals surface area contributed by atoms with Crippen LogP contribution in [0, 0.1) is 6.92 Å². The third-order valence-electron chi connectivity index (χ3n) is 5.16. The monoisotopic (exact) mass is 463 g/mol. The number of hydrogen-bond donors (Lipinski definition) is 0. The number of aromatic nitrogens is 4. The summed E-state index contributed by atoms with van der Waals surface area (Å²) in [6.07, 6.45) is 0.888. The smallest absolute Gasteiger partial charge is 0.243 e. The van der Waals surface area contributed by atoms with Crippen LogP contribution in [0.25, 0.3) is 11.4 Å². The Labute approximate surface area is 188 Å². The van der Waals surface area contributed by atoms with Crippen molar-refractivity contribution in [3.05, 3.63) is 41.8 Å². The number of aryl methyl sites for hydroxylation is 1. The molecule has 8 nitrogen and oxygen atoms in total. The largest absolute Gasteiger partial charge is 0.361 e. The first-order valence-electron chi connectivity index (χ1n) is 10.4. The zero-order valence-electron chi connectivity index (χ0n) is 18.6. The Morgan fingerprint density at radius 2 is 1.90 bits per heavy atom. The molecule has 3 aromatic rings. The van der Waals surface area contributed by atoms with Gasteiger partial charge in [-0.3, -0.25) is 4.57 Å². The number of nitrogens with zero attached hydrogens (tertiary/aromatic N) is 5. The maximum Gasteiger partial charge on any atom is 0.243 e. The van der Waals surface area contributed by atoms with Gasteiger partial charge in [0.1, 0.15) is 5.76 Å². The van der Waals surface area contributed by atoms with Crippen LogP contribution in [-0.2, 0) is 15.8 Å². The summed E-state index contributed by atoms with van der Waals surface area (Å²) in [5, 5.41) is 13.6.